The number of carbonyl (C=O) groups is 2. The van der Waals surface area contributed by atoms with Gasteiger partial charge in [0.15, 0.2) is 0 Å². The molecule has 0 bridgehead atoms. The third-order valence-corrected chi connectivity index (χ3v) is 5.62. The van der Waals surface area contributed by atoms with Crippen LogP contribution in [0.25, 0.3) is 0 Å². The van der Waals surface area contributed by atoms with Gasteiger partial charge in [0.05, 0.1) is 12.0 Å². The van der Waals surface area contributed by atoms with Crippen molar-refractivity contribution in [1.82, 2.24) is 4.90 Å². The summed E-state index contributed by atoms with van der Waals surface area (Å²) in [6.07, 6.45) is 0.221. The number of carboxylic acid groups (broad SMARTS) is 1. The van der Waals surface area contributed by atoms with E-state index in [9.17, 15) is 20.0 Å². The molecule has 0 fully saturated rings. The molecule has 0 radical (unpaired) electrons. The summed E-state index contributed by atoms with van der Waals surface area (Å²) in [6, 6.07) is 23.4. The lowest BCUT2D eigenvalue weighted by Crippen LogP contribution is -2.49. The lowest BCUT2D eigenvalue weighted by molar-refractivity contribution is -0.151. The Labute approximate surface area is 186 Å². The number of ether oxygens (including phenoxy) is 1. The van der Waals surface area contributed by atoms with Gasteiger partial charge in [0, 0.05) is 18.5 Å². The lowest BCUT2D eigenvalue weighted by atomic mass is 9.90. The van der Waals surface area contributed by atoms with Crippen LogP contribution in [0.4, 0.5) is 0 Å². The van der Waals surface area contributed by atoms with Gasteiger partial charge in [0.25, 0.3) is 0 Å². The Morgan fingerprint density at radius 3 is 2.28 bits per heavy atom. The van der Waals surface area contributed by atoms with E-state index in [0.29, 0.717) is 16.9 Å². The van der Waals surface area contributed by atoms with Crippen LogP contribution in [0.2, 0.25) is 0 Å². The Morgan fingerprint density at radius 2 is 1.66 bits per heavy atom. The van der Waals surface area contributed by atoms with Gasteiger partial charge >= 0.3 is 5.97 Å². The zero-order chi connectivity index (χ0) is 22.5. The molecule has 0 unspecified atom stereocenters. The van der Waals surface area contributed by atoms with Crippen LogP contribution in [-0.2, 0) is 35.6 Å². The molecular formula is C26H22N2O4. The number of hydrogen-bond acceptors (Lipinski definition) is 4. The van der Waals surface area contributed by atoms with Crippen LogP contribution in [0.5, 0.6) is 5.75 Å². The molecule has 32 heavy (non-hydrogen) atoms. The second-order valence-corrected chi connectivity index (χ2v) is 7.71. The van der Waals surface area contributed by atoms with Crippen molar-refractivity contribution in [2.24, 2.45) is 0 Å². The van der Waals surface area contributed by atoms with Gasteiger partial charge in [0.1, 0.15) is 24.5 Å². The lowest BCUT2D eigenvalue weighted by Gasteiger charge is -2.35. The number of aliphatic carboxylic acids is 1. The molecule has 1 heterocycles. The van der Waals surface area contributed by atoms with Crippen molar-refractivity contribution in [3.8, 4) is 11.8 Å². The Balaban J connectivity index is 1.63. The summed E-state index contributed by atoms with van der Waals surface area (Å²) in [7, 11) is 0. The summed E-state index contributed by atoms with van der Waals surface area (Å²) < 4.78 is 6.01. The molecule has 6 nitrogen and oxygen atoms in total. The van der Waals surface area contributed by atoms with Gasteiger partial charge in [-0.15, -0.1) is 0 Å². The molecule has 1 aliphatic heterocycles. The predicted octanol–water partition coefficient (Wildman–Crippen LogP) is 3.72. The van der Waals surface area contributed by atoms with Crippen LogP contribution in [0.15, 0.2) is 72.8 Å². The minimum Gasteiger partial charge on any atom is -0.487 e. The van der Waals surface area contributed by atoms with Crippen LogP contribution in [-0.4, -0.2) is 27.9 Å². The first kappa shape index (κ1) is 21.1. The molecular weight excluding hydrogens is 404 g/mol. The van der Waals surface area contributed by atoms with E-state index in [1.165, 1.54) is 4.90 Å². The summed E-state index contributed by atoms with van der Waals surface area (Å²) in [5.74, 6) is -0.922. The number of fused-ring (bicyclic) bond motifs is 1. The van der Waals surface area contributed by atoms with Crippen LogP contribution in [0.3, 0.4) is 0 Å². The number of amides is 1. The molecule has 160 valence electrons. The van der Waals surface area contributed by atoms with Crippen molar-refractivity contribution < 1.29 is 19.4 Å². The summed E-state index contributed by atoms with van der Waals surface area (Å²) in [5.41, 5.74) is 3.60. The number of carboxylic acids is 1. The van der Waals surface area contributed by atoms with E-state index in [4.69, 9.17) is 4.74 Å². The molecule has 0 aliphatic carbocycles. The van der Waals surface area contributed by atoms with Gasteiger partial charge in [-0.3, -0.25) is 4.79 Å². The van der Waals surface area contributed by atoms with E-state index >= 15 is 0 Å². The van der Waals surface area contributed by atoms with E-state index in [0.717, 1.165) is 16.7 Å². The molecule has 0 aromatic heterocycles. The third kappa shape index (κ3) is 4.47. The highest BCUT2D eigenvalue weighted by molar-refractivity contribution is 5.86. The zero-order valence-electron chi connectivity index (χ0n) is 17.4. The average Bonchev–Trinajstić information content (AvgIpc) is 2.82. The summed E-state index contributed by atoms with van der Waals surface area (Å²) in [5, 5.41) is 19.5. The fourth-order valence-corrected chi connectivity index (χ4v) is 3.98. The van der Waals surface area contributed by atoms with Crippen molar-refractivity contribution in [2.75, 3.05) is 0 Å². The van der Waals surface area contributed by atoms with Gasteiger partial charge in [-0.2, -0.15) is 5.26 Å². The van der Waals surface area contributed by atoms with E-state index in [2.05, 4.69) is 6.07 Å². The Kier molecular flexibility index (Phi) is 6.18. The molecule has 1 amide bonds. The van der Waals surface area contributed by atoms with E-state index in [1.54, 1.807) is 12.1 Å². The SMILES string of the molecule is N#Cc1ccc2c(c1OCc1ccccc1)C[C@@H](C(=O)O)N(C(=O)Cc1ccccc1)C2. The molecule has 3 aromatic rings. The predicted molar refractivity (Wildman–Crippen MR) is 118 cm³/mol. The van der Waals surface area contributed by atoms with Crippen molar-refractivity contribution >= 4 is 11.9 Å². The van der Waals surface area contributed by atoms with Crippen molar-refractivity contribution in [2.45, 2.75) is 32.0 Å². The molecule has 1 atom stereocenters. The molecule has 6 heteroatoms. The molecule has 0 saturated heterocycles. The maximum Gasteiger partial charge on any atom is 0.326 e. The van der Waals surface area contributed by atoms with Gasteiger partial charge < -0.3 is 14.7 Å². The second kappa shape index (κ2) is 9.36. The van der Waals surface area contributed by atoms with Crippen LogP contribution < -0.4 is 4.74 Å². The minimum absolute atomic E-state index is 0.0881. The third-order valence-electron chi connectivity index (χ3n) is 5.62. The number of benzene rings is 3. The molecule has 0 saturated carbocycles. The fourth-order valence-electron chi connectivity index (χ4n) is 3.98. The van der Waals surface area contributed by atoms with Gasteiger partial charge in [-0.05, 0) is 22.8 Å². The standard InChI is InChI=1S/C26H22N2O4/c27-15-20-11-12-21-16-28(24(29)13-18-7-3-1-4-8-18)23(26(30)31)14-22(21)25(20)32-17-19-9-5-2-6-10-19/h1-12,23H,13-14,16-17H2,(H,30,31)/t23-/m0/s1. The first-order valence-corrected chi connectivity index (χ1v) is 10.3. The number of carbonyl (C=O) groups excluding carboxylic acids is 1. The monoisotopic (exact) mass is 426 g/mol. The van der Waals surface area contributed by atoms with Crippen molar-refractivity contribution in [3.63, 3.8) is 0 Å². The summed E-state index contributed by atoms with van der Waals surface area (Å²) >= 11 is 0. The maximum atomic E-state index is 13.0. The van der Waals surface area contributed by atoms with Gasteiger partial charge in [0.2, 0.25) is 5.91 Å². The number of nitrogens with zero attached hydrogens (tertiary/aromatic N) is 2. The number of nitriles is 1. The largest absolute Gasteiger partial charge is 0.487 e. The highest BCUT2D eigenvalue weighted by Gasteiger charge is 2.36. The van der Waals surface area contributed by atoms with E-state index in [-0.39, 0.29) is 31.9 Å². The normalized spacial score (nSPS) is 14.8. The van der Waals surface area contributed by atoms with Gasteiger partial charge in [-0.25, -0.2) is 4.79 Å². The highest BCUT2D eigenvalue weighted by Crippen LogP contribution is 2.34. The first-order chi connectivity index (χ1) is 15.6. The molecule has 3 aromatic carbocycles. The minimum atomic E-state index is -1.08. The molecule has 0 spiro atoms. The summed E-state index contributed by atoms with van der Waals surface area (Å²) in [6.45, 7) is 0.422. The van der Waals surface area contributed by atoms with Crippen molar-refractivity contribution in [3.05, 3.63) is 101 Å². The van der Waals surface area contributed by atoms with E-state index in [1.807, 2.05) is 60.7 Å². The van der Waals surface area contributed by atoms with E-state index < -0.39 is 12.0 Å². The quantitative estimate of drug-likeness (QED) is 0.649. The van der Waals surface area contributed by atoms with Crippen LogP contribution in [0, 0.1) is 11.3 Å². The fraction of sp³-hybridized carbons (Fsp3) is 0.192. The second-order valence-electron chi connectivity index (χ2n) is 7.71. The highest BCUT2D eigenvalue weighted by atomic mass is 16.5. The smallest absolute Gasteiger partial charge is 0.326 e. The summed E-state index contributed by atoms with van der Waals surface area (Å²) in [4.78, 5) is 26.5. The first-order valence-electron chi connectivity index (χ1n) is 10.3. The number of hydrogen-bond donors (Lipinski definition) is 1. The Morgan fingerprint density at radius 1 is 1.00 bits per heavy atom. The Bertz CT molecular complexity index is 1170. The average molecular weight is 426 g/mol. The van der Waals surface area contributed by atoms with Crippen molar-refractivity contribution in [1.29, 1.82) is 5.26 Å². The Hall–Kier alpha value is -4.11. The maximum absolute atomic E-state index is 13.0. The van der Waals surface area contributed by atoms with Crippen LogP contribution in [0.1, 0.15) is 27.8 Å². The number of rotatable bonds is 6. The molecule has 1 N–H and O–H groups in total. The van der Waals surface area contributed by atoms with Gasteiger partial charge in [-0.1, -0.05) is 66.7 Å². The molecule has 1 aliphatic rings. The molecule has 4 rings (SSSR count). The topological polar surface area (TPSA) is 90.6 Å². The van der Waals surface area contributed by atoms with Crippen LogP contribution >= 0.6 is 0 Å². The zero-order valence-corrected chi connectivity index (χ0v) is 17.4.